The first kappa shape index (κ1) is 13.9. The van der Waals surface area contributed by atoms with Crippen LogP contribution in [-0.4, -0.2) is 17.9 Å². The molecule has 1 unspecified atom stereocenters. The van der Waals surface area contributed by atoms with Gasteiger partial charge in [-0.15, -0.1) is 0 Å². The molecule has 1 atom stereocenters. The van der Waals surface area contributed by atoms with E-state index < -0.39 is 11.1 Å². The van der Waals surface area contributed by atoms with E-state index in [-0.39, 0.29) is 17.2 Å². The van der Waals surface area contributed by atoms with Crippen molar-refractivity contribution >= 4 is 17.3 Å². The number of amides is 1. The predicted molar refractivity (Wildman–Crippen MR) is 79.9 cm³/mol. The fourth-order valence-corrected chi connectivity index (χ4v) is 2.42. The summed E-state index contributed by atoms with van der Waals surface area (Å²) >= 11 is 0. The number of carbonyl (C=O) groups is 1. The quantitative estimate of drug-likeness (QED) is 0.670. The van der Waals surface area contributed by atoms with Crippen LogP contribution in [0.4, 0.5) is 11.4 Å². The van der Waals surface area contributed by atoms with Gasteiger partial charge in [-0.05, 0) is 12.1 Å². The molecule has 0 fully saturated rings. The Labute approximate surface area is 126 Å². The van der Waals surface area contributed by atoms with Crippen LogP contribution in [0.2, 0.25) is 0 Å². The smallest absolute Gasteiger partial charge is 0.270 e. The number of rotatable bonds is 3. The Kier molecular flexibility index (Phi) is 3.38. The van der Waals surface area contributed by atoms with Gasteiger partial charge in [-0.2, -0.15) is 0 Å². The maximum absolute atomic E-state index is 12.2. The van der Waals surface area contributed by atoms with Gasteiger partial charge in [0.25, 0.3) is 11.6 Å². The molecule has 3 rings (SSSR count). The number of para-hydroxylation sites is 1. The van der Waals surface area contributed by atoms with E-state index in [1.165, 1.54) is 18.2 Å². The molecule has 0 saturated heterocycles. The van der Waals surface area contributed by atoms with Crippen molar-refractivity contribution in [2.45, 2.75) is 6.17 Å². The summed E-state index contributed by atoms with van der Waals surface area (Å²) in [7, 11) is 1.56. The van der Waals surface area contributed by atoms with Crippen LogP contribution in [0.5, 0.6) is 5.75 Å². The van der Waals surface area contributed by atoms with E-state index >= 15 is 0 Å². The summed E-state index contributed by atoms with van der Waals surface area (Å²) in [4.78, 5) is 22.5. The van der Waals surface area contributed by atoms with Crippen LogP contribution in [0.25, 0.3) is 0 Å². The molecule has 7 heteroatoms. The number of non-ortho nitro benzene ring substituents is 1. The second-order valence-electron chi connectivity index (χ2n) is 4.78. The van der Waals surface area contributed by atoms with Crippen molar-refractivity contribution < 1.29 is 14.5 Å². The Morgan fingerprint density at radius 2 is 1.95 bits per heavy atom. The van der Waals surface area contributed by atoms with Gasteiger partial charge in [0.05, 0.1) is 17.6 Å². The summed E-state index contributed by atoms with van der Waals surface area (Å²) < 4.78 is 5.29. The van der Waals surface area contributed by atoms with Gasteiger partial charge < -0.3 is 15.4 Å². The second-order valence-corrected chi connectivity index (χ2v) is 4.78. The van der Waals surface area contributed by atoms with E-state index in [0.29, 0.717) is 11.4 Å². The first-order chi connectivity index (χ1) is 10.6. The van der Waals surface area contributed by atoms with E-state index in [2.05, 4.69) is 10.6 Å². The molecule has 22 heavy (non-hydrogen) atoms. The number of ether oxygens (including phenoxy) is 1. The number of methoxy groups -OCH3 is 1. The number of benzene rings is 2. The van der Waals surface area contributed by atoms with Crippen molar-refractivity contribution in [3.05, 3.63) is 63.7 Å². The first-order valence-corrected chi connectivity index (χ1v) is 6.59. The van der Waals surface area contributed by atoms with Crippen molar-refractivity contribution in [1.29, 1.82) is 0 Å². The molecule has 1 heterocycles. The second kappa shape index (κ2) is 5.36. The fourth-order valence-electron chi connectivity index (χ4n) is 2.42. The highest BCUT2D eigenvalue weighted by Crippen LogP contribution is 2.32. The van der Waals surface area contributed by atoms with Gasteiger partial charge in [0.1, 0.15) is 11.9 Å². The van der Waals surface area contributed by atoms with Gasteiger partial charge in [-0.25, -0.2) is 0 Å². The largest absolute Gasteiger partial charge is 0.496 e. The minimum Gasteiger partial charge on any atom is -0.496 e. The van der Waals surface area contributed by atoms with Gasteiger partial charge in [-0.3, -0.25) is 14.9 Å². The van der Waals surface area contributed by atoms with Gasteiger partial charge >= 0.3 is 0 Å². The Balaban J connectivity index is 1.98. The van der Waals surface area contributed by atoms with Crippen LogP contribution in [0.15, 0.2) is 42.5 Å². The third-order valence-electron chi connectivity index (χ3n) is 3.48. The summed E-state index contributed by atoms with van der Waals surface area (Å²) in [6.07, 6.45) is -0.461. The number of hydrogen-bond acceptors (Lipinski definition) is 5. The first-order valence-electron chi connectivity index (χ1n) is 6.59. The topological polar surface area (TPSA) is 93.5 Å². The summed E-state index contributed by atoms with van der Waals surface area (Å²) in [5.74, 6) is 0.277. The Morgan fingerprint density at radius 1 is 1.18 bits per heavy atom. The van der Waals surface area contributed by atoms with Crippen LogP contribution in [-0.2, 0) is 0 Å². The SMILES string of the molecule is COc1ccccc1C1NC(=O)c2cc([N+](=O)[O-])ccc2N1. The van der Waals surface area contributed by atoms with Gasteiger partial charge in [0, 0.05) is 23.4 Å². The molecule has 2 aromatic rings. The lowest BCUT2D eigenvalue weighted by molar-refractivity contribution is -0.384. The number of nitro benzene ring substituents is 1. The number of nitrogens with one attached hydrogen (secondary N) is 2. The molecule has 7 nitrogen and oxygen atoms in total. The van der Waals surface area contributed by atoms with Crippen molar-refractivity contribution in [2.75, 3.05) is 12.4 Å². The number of carbonyl (C=O) groups excluding carboxylic acids is 1. The zero-order valence-corrected chi connectivity index (χ0v) is 11.7. The Bertz CT molecular complexity index is 760. The highest BCUT2D eigenvalue weighted by molar-refractivity contribution is 6.02. The molecule has 0 bridgehead atoms. The van der Waals surface area contributed by atoms with Crippen LogP contribution in [0, 0.1) is 10.1 Å². The monoisotopic (exact) mass is 299 g/mol. The number of anilines is 1. The van der Waals surface area contributed by atoms with Crippen molar-refractivity contribution in [1.82, 2.24) is 5.32 Å². The predicted octanol–water partition coefficient (Wildman–Crippen LogP) is 2.46. The normalized spacial score (nSPS) is 16.2. The molecule has 1 aliphatic heterocycles. The van der Waals surface area contributed by atoms with Crippen LogP contribution in [0.1, 0.15) is 22.1 Å². The number of hydrogen-bond donors (Lipinski definition) is 2. The van der Waals surface area contributed by atoms with Gasteiger partial charge in [0.2, 0.25) is 0 Å². The molecule has 2 aromatic carbocycles. The molecule has 0 spiro atoms. The lowest BCUT2D eigenvalue weighted by Gasteiger charge is -2.28. The van der Waals surface area contributed by atoms with Crippen molar-refractivity contribution in [3.8, 4) is 5.75 Å². The molecule has 2 N–H and O–H groups in total. The van der Waals surface area contributed by atoms with E-state index in [1.807, 2.05) is 18.2 Å². The minimum absolute atomic E-state index is 0.119. The lowest BCUT2D eigenvalue weighted by Crippen LogP contribution is -2.38. The van der Waals surface area contributed by atoms with Crippen LogP contribution >= 0.6 is 0 Å². The van der Waals surface area contributed by atoms with Crippen molar-refractivity contribution in [2.24, 2.45) is 0 Å². The summed E-state index contributed by atoms with van der Waals surface area (Å²) in [5.41, 5.74) is 1.46. The lowest BCUT2D eigenvalue weighted by atomic mass is 10.0. The average Bonchev–Trinajstić information content (AvgIpc) is 2.54. The third kappa shape index (κ3) is 2.32. The molecule has 1 amide bonds. The third-order valence-corrected chi connectivity index (χ3v) is 3.48. The highest BCUT2D eigenvalue weighted by atomic mass is 16.6. The van der Waals surface area contributed by atoms with Crippen molar-refractivity contribution in [3.63, 3.8) is 0 Å². The number of fused-ring (bicyclic) bond motifs is 1. The average molecular weight is 299 g/mol. The maximum atomic E-state index is 12.2. The zero-order valence-electron chi connectivity index (χ0n) is 11.7. The van der Waals surface area contributed by atoms with Gasteiger partial charge in [0.15, 0.2) is 0 Å². The van der Waals surface area contributed by atoms with E-state index in [4.69, 9.17) is 4.74 Å². The molecule has 0 aromatic heterocycles. The Morgan fingerprint density at radius 3 is 2.68 bits per heavy atom. The molecule has 112 valence electrons. The van der Waals surface area contributed by atoms with E-state index in [1.54, 1.807) is 13.2 Å². The number of nitrogens with zero attached hydrogens (tertiary/aromatic N) is 1. The van der Waals surface area contributed by atoms with Crippen LogP contribution < -0.4 is 15.4 Å². The molecule has 0 saturated carbocycles. The Hall–Kier alpha value is -3.09. The highest BCUT2D eigenvalue weighted by Gasteiger charge is 2.27. The number of nitro groups is 1. The maximum Gasteiger partial charge on any atom is 0.270 e. The molecule has 0 radical (unpaired) electrons. The molecular weight excluding hydrogens is 286 g/mol. The van der Waals surface area contributed by atoms with Crippen LogP contribution in [0.3, 0.4) is 0 Å². The molecule has 1 aliphatic rings. The summed E-state index contributed by atoms with van der Waals surface area (Å²) in [6, 6.07) is 11.5. The summed E-state index contributed by atoms with van der Waals surface area (Å²) in [5, 5.41) is 16.7. The molecule has 0 aliphatic carbocycles. The van der Waals surface area contributed by atoms with E-state index in [9.17, 15) is 14.9 Å². The zero-order chi connectivity index (χ0) is 15.7. The fraction of sp³-hybridized carbons (Fsp3) is 0.133. The minimum atomic E-state index is -0.528. The standard InChI is InChI=1S/C15H13N3O4/c1-22-13-5-3-2-4-10(13)14-16-12-7-6-9(18(20)21)8-11(12)15(19)17-14/h2-8,14,16H,1H3,(H,17,19). The summed E-state index contributed by atoms with van der Waals surface area (Å²) in [6.45, 7) is 0. The van der Waals surface area contributed by atoms with Gasteiger partial charge in [-0.1, -0.05) is 18.2 Å². The van der Waals surface area contributed by atoms with E-state index in [0.717, 1.165) is 5.56 Å². The molecular formula is C15H13N3O4.